The van der Waals surface area contributed by atoms with E-state index >= 15 is 0 Å². The van der Waals surface area contributed by atoms with Crippen LogP contribution in [0.4, 0.5) is 11.4 Å². The van der Waals surface area contributed by atoms with Gasteiger partial charge in [-0.2, -0.15) is 0 Å². The SMILES string of the molecule is O=[N+]([O-])c1ccc2ncn(Nc3ccccc3)c2c1. The largest absolute Gasteiger partial charge is 0.293 e. The molecule has 0 saturated carbocycles. The van der Waals surface area contributed by atoms with Gasteiger partial charge in [-0.3, -0.25) is 15.5 Å². The Kier molecular flexibility index (Phi) is 2.60. The van der Waals surface area contributed by atoms with Gasteiger partial charge in [0.15, 0.2) is 0 Å². The minimum Gasteiger partial charge on any atom is -0.293 e. The van der Waals surface area contributed by atoms with Crippen LogP contribution in [-0.2, 0) is 0 Å². The molecule has 2 aromatic carbocycles. The highest BCUT2D eigenvalue weighted by Crippen LogP contribution is 2.20. The van der Waals surface area contributed by atoms with E-state index in [4.69, 9.17) is 0 Å². The van der Waals surface area contributed by atoms with Gasteiger partial charge in [-0.05, 0) is 18.2 Å². The average molecular weight is 254 g/mol. The molecular weight excluding hydrogens is 244 g/mol. The first-order valence-electron chi connectivity index (χ1n) is 5.67. The lowest BCUT2D eigenvalue weighted by molar-refractivity contribution is -0.384. The average Bonchev–Trinajstić information content (AvgIpc) is 2.82. The molecule has 0 aliphatic rings. The van der Waals surface area contributed by atoms with Crippen LogP contribution < -0.4 is 5.43 Å². The molecule has 0 saturated heterocycles. The number of nitrogens with zero attached hydrogens (tertiary/aromatic N) is 3. The maximum absolute atomic E-state index is 10.8. The van der Waals surface area contributed by atoms with Crippen LogP contribution in [0.3, 0.4) is 0 Å². The summed E-state index contributed by atoms with van der Waals surface area (Å²) in [4.78, 5) is 14.6. The predicted molar refractivity (Wildman–Crippen MR) is 71.9 cm³/mol. The van der Waals surface area contributed by atoms with Crippen molar-refractivity contribution in [3.05, 3.63) is 65.0 Å². The number of benzene rings is 2. The van der Waals surface area contributed by atoms with Gasteiger partial charge >= 0.3 is 0 Å². The summed E-state index contributed by atoms with van der Waals surface area (Å²) in [6.07, 6.45) is 1.60. The predicted octanol–water partition coefficient (Wildman–Crippen LogP) is 2.82. The van der Waals surface area contributed by atoms with Gasteiger partial charge in [0.25, 0.3) is 5.69 Å². The lowest BCUT2D eigenvalue weighted by atomic mass is 10.3. The number of nitro benzene ring substituents is 1. The Bertz CT molecular complexity index is 737. The number of para-hydroxylation sites is 1. The second-order valence-corrected chi connectivity index (χ2v) is 4.02. The van der Waals surface area contributed by atoms with E-state index < -0.39 is 4.92 Å². The van der Waals surface area contributed by atoms with Gasteiger partial charge in [-0.15, -0.1) is 0 Å². The van der Waals surface area contributed by atoms with Crippen LogP contribution in [0.2, 0.25) is 0 Å². The van der Waals surface area contributed by atoms with Crippen molar-refractivity contribution < 1.29 is 4.92 Å². The molecule has 6 nitrogen and oxygen atoms in total. The molecular formula is C13H10N4O2. The Hall–Kier alpha value is -2.89. The molecule has 0 bridgehead atoms. The van der Waals surface area contributed by atoms with Crippen molar-refractivity contribution in [1.29, 1.82) is 0 Å². The zero-order chi connectivity index (χ0) is 13.2. The highest BCUT2D eigenvalue weighted by Gasteiger charge is 2.10. The lowest BCUT2D eigenvalue weighted by Crippen LogP contribution is -2.07. The third-order valence-corrected chi connectivity index (χ3v) is 2.76. The summed E-state index contributed by atoms with van der Waals surface area (Å²) in [6, 6.07) is 14.1. The molecule has 0 amide bonds. The van der Waals surface area contributed by atoms with Crippen molar-refractivity contribution in [1.82, 2.24) is 9.66 Å². The number of non-ortho nitro benzene ring substituents is 1. The molecule has 0 aliphatic heterocycles. The number of fused-ring (bicyclic) bond motifs is 1. The van der Waals surface area contributed by atoms with Gasteiger partial charge in [-0.1, -0.05) is 18.2 Å². The summed E-state index contributed by atoms with van der Waals surface area (Å²) >= 11 is 0. The Morgan fingerprint density at radius 1 is 1.16 bits per heavy atom. The number of nitro groups is 1. The minimum atomic E-state index is -0.417. The lowest BCUT2D eigenvalue weighted by Gasteiger charge is -2.07. The molecule has 1 heterocycles. The van der Waals surface area contributed by atoms with Gasteiger partial charge in [0.1, 0.15) is 6.33 Å². The minimum absolute atomic E-state index is 0.0455. The number of imidazole rings is 1. The summed E-state index contributed by atoms with van der Waals surface area (Å²) in [5.74, 6) is 0. The van der Waals surface area contributed by atoms with E-state index in [1.807, 2.05) is 30.3 Å². The first-order chi connectivity index (χ1) is 9.24. The van der Waals surface area contributed by atoms with Crippen molar-refractivity contribution in [3.63, 3.8) is 0 Å². The number of hydrogen-bond acceptors (Lipinski definition) is 4. The van der Waals surface area contributed by atoms with Gasteiger partial charge in [0.05, 0.1) is 21.6 Å². The normalized spacial score (nSPS) is 10.5. The summed E-state index contributed by atoms with van der Waals surface area (Å²) in [7, 11) is 0. The summed E-state index contributed by atoms with van der Waals surface area (Å²) < 4.78 is 1.66. The van der Waals surface area contributed by atoms with E-state index in [9.17, 15) is 10.1 Å². The summed E-state index contributed by atoms with van der Waals surface area (Å²) in [5, 5.41) is 10.8. The molecule has 6 heteroatoms. The number of nitrogens with one attached hydrogen (secondary N) is 1. The molecule has 1 aromatic heterocycles. The van der Waals surface area contributed by atoms with Crippen LogP contribution in [-0.4, -0.2) is 14.6 Å². The zero-order valence-electron chi connectivity index (χ0n) is 9.85. The second kappa shape index (κ2) is 4.41. The van der Waals surface area contributed by atoms with E-state index in [0.29, 0.717) is 11.0 Å². The first-order valence-corrected chi connectivity index (χ1v) is 5.67. The van der Waals surface area contributed by atoms with Crippen LogP contribution in [0.5, 0.6) is 0 Å². The van der Waals surface area contributed by atoms with Crippen molar-refractivity contribution >= 4 is 22.4 Å². The highest BCUT2D eigenvalue weighted by molar-refractivity contribution is 5.78. The number of rotatable bonds is 3. The Labute approximate surface area is 108 Å². The summed E-state index contributed by atoms with van der Waals surface area (Å²) in [5.41, 5.74) is 5.42. The van der Waals surface area contributed by atoms with Gasteiger partial charge in [0, 0.05) is 12.1 Å². The van der Waals surface area contributed by atoms with Crippen LogP contribution in [0.25, 0.3) is 11.0 Å². The van der Waals surface area contributed by atoms with E-state index in [0.717, 1.165) is 5.69 Å². The maximum Gasteiger partial charge on any atom is 0.271 e. The number of hydrogen-bond donors (Lipinski definition) is 1. The van der Waals surface area contributed by atoms with E-state index in [1.54, 1.807) is 17.1 Å². The molecule has 0 aliphatic carbocycles. The number of aromatic nitrogens is 2. The maximum atomic E-state index is 10.8. The van der Waals surface area contributed by atoms with Crippen molar-refractivity contribution in [2.45, 2.75) is 0 Å². The fraction of sp³-hybridized carbons (Fsp3) is 0. The summed E-state index contributed by atoms with van der Waals surface area (Å²) in [6.45, 7) is 0. The fourth-order valence-corrected chi connectivity index (χ4v) is 1.85. The molecule has 0 atom stereocenters. The van der Waals surface area contributed by atoms with Gasteiger partial charge in [-0.25, -0.2) is 9.66 Å². The van der Waals surface area contributed by atoms with Crippen LogP contribution >= 0.6 is 0 Å². The molecule has 94 valence electrons. The van der Waals surface area contributed by atoms with Crippen LogP contribution in [0.1, 0.15) is 0 Å². The van der Waals surface area contributed by atoms with E-state index in [2.05, 4.69) is 10.4 Å². The van der Waals surface area contributed by atoms with Crippen molar-refractivity contribution in [2.75, 3.05) is 5.43 Å². The molecule has 0 spiro atoms. The monoisotopic (exact) mass is 254 g/mol. The topological polar surface area (TPSA) is 73.0 Å². The second-order valence-electron chi connectivity index (χ2n) is 4.02. The molecule has 1 N–H and O–H groups in total. The van der Waals surface area contributed by atoms with Crippen molar-refractivity contribution in [3.8, 4) is 0 Å². The Balaban J connectivity index is 2.04. The molecule has 3 rings (SSSR count). The van der Waals surface area contributed by atoms with E-state index in [1.165, 1.54) is 12.1 Å². The van der Waals surface area contributed by atoms with Crippen LogP contribution in [0, 0.1) is 10.1 Å². The number of anilines is 1. The Morgan fingerprint density at radius 2 is 1.95 bits per heavy atom. The van der Waals surface area contributed by atoms with Crippen molar-refractivity contribution in [2.24, 2.45) is 0 Å². The molecule has 0 fully saturated rings. The third-order valence-electron chi connectivity index (χ3n) is 2.76. The smallest absolute Gasteiger partial charge is 0.271 e. The zero-order valence-corrected chi connectivity index (χ0v) is 9.85. The van der Waals surface area contributed by atoms with Gasteiger partial charge < -0.3 is 0 Å². The van der Waals surface area contributed by atoms with Gasteiger partial charge in [0.2, 0.25) is 0 Å². The molecule has 19 heavy (non-hydrogen) atoms. The first kappa shape index (κ1) is 11.2. The standard InChI is InChI=1S/C13H10N4O2/c18-17(19)11-6-7-12-13(8-11)16(9-14-12)15-10-4-2-1-3-5-10/h1-9,15H. The molecule has 0 unspecified atom stereocenters. The third kappa shape index (κ3) is 2.11. The van der Waals surface area contributed by atoms with Crippen LogP contribution in [0.15, 0.2) is 54.9 Å². The highest BCUT2D eigenvalue weighted by atomic mass is 16.6. The fourth-order valence-electron chi connectivity index (χ4n) is 1.85. The quantitative estimate of drug-likeness (QED) is 0.576. The van der Waals surface area contributed by atoms with E-state index in [-0.39, 0.29) is 5.69 Å². The Morgan fingerprint density at radius 3 is 2.68 bits per heavy atom. The molecule has 3 aromatic rings. The molecule has 0 radical (unpaired) electrons.